The standard InChI is InChI=1S/C19H24O4/c1-10-8-12-6-5-7-14(20)16(12)17-15(10)13(19(22-3)23-4)9-11(2)18(17)21/h5,7-9,12-13,15-17,19H,6H2,1-4H3/t12?,13-,15+,16-,17?/m1/s1. The second-order valence-corrected chi connectivity index (χ2v) is 6.82. The van der Waals surface area contributed by atoms with E-state index in [1.165, 1.54) is 5.57 Å². The molecular weight excluding hydrogens is 292 g/mol. The highest BCUT2D eigenvalue weighted by Crippen LogP contribution is 2.50. The second kappa shape index (κ2) is 6.17. The third-order valence-corrected chi connectivity index (χ3v) is 5.58. The maximum absolute atomic E-state index is 12.9. The summed E-state index contributed by atoms with van der Waals surface area (Å²) in [6, 6.07) is 0. The minimum absolute atomic E-state index is 0.0344. The van der Waals surface area contributed by atoms with Crippen LogP contribution < -0.4 is 0 Å². The molecule has 0 aromatic rings. The highest BCUT2D eigenvalue weighted by Gasteiger charge is 2.52. The Morgan fingerprint density at radius 1 is 1.04 bits per heavy atom. The van der Waals surface area contributed by atoms with Gasteiger partial charge in [0.05, 0.1) is 0 Å². The number of Topliss-reactive ketones (excluding diaryl/α,β-unsaturated/α-hetero) is 1. The van der Waals surface area contributed by atoms with E-state index >= 15 is 0 Å². The molecule has 3 aliphatic carbocycles. The number of rotatable bonds is 3. The Kier molecular flexibility index (Phi) is 4.39. The molecule has 5 atom stereocenters. The lowest BCUT2D eigenvalue weighted by Crippen LogP contribution is -2.50. The van der Waals surface area contributed by atoms with Gasteiger partial charge in [0, 0.05) is 37.9 Å². The molecule has 4 heteroatoms. The van der Waals surface area contributed by atoms with Crippen molar-refractivity contribution in [2.75, 3.05) is 14.2 Å². The van der Waals surface area contributed by atoms with Crippen LogP contribution in [0.2, 0.25) is 0 Å². The summed E-state index contributed by atoms with van der Waals surface area (Å²) in [4.78, 5) is 25.4. The molecule has 4 nitrogen and oxygen atoms in total. The number of ketones is 2. The molecule has 0 aromatic heterocycles. The summed E-state index contributed by atoms with van der Waals surface area (Å²) < 4.78 is 11.0. The zero-order valence-electron chi connectivity index (χ0n) is 14.1. The molecule has 3 aliphatic rings. The molecule has 0 fully saturated rings. The predicted molar refractivity (Wildman–Crippen MR) is 86.5 cm³/mol. The van der Waals surface area contributed by atoms with Gasteiger partial charge in [0.1, 0.15) is 0 Å². The minimum atomic E-state index is -0.417. The molecule has 0 saturated heterocycles. The topological polar surface area (TPSA) is 52.6 Å². The highest BCUT2D eigenvalue weighted by molar-refractivity contribution is 6.04. The number of fused-ring (bicyclic) bond motifs is 3. The molecule has 0 radical (unpaired) electrons. The largest absolute Gasteiger partial charge is 0.355 e. The van der Waals surface area contributed by atoms with E-state index in [-0.39, 0.29) is 41.2 Å². The van der Waals surface area contributed by atoms with Crippen molar-refractivity contribution in [3.63, 3.8) is 0 Å². The van der Waals surface area contributed by atoms with Crippen LogP contribution in [0.3, 0.4) is 0 Å². The lowest BCUT2D eigenvalue weighted by molar-refractivity contribution is -0.152. The normalized spacial score (nSPS) is 36.5. The third kappa shape index (κ3) is 2.54. The van der Waals surface area contributed by atoms with Gasteiger partial charge in [0.2, 0.25) is 0 Å². The fourth-order valence-electron chi connectivity index (χ4n) is 4.65. The lowest BCUT2D eigenvalue weighted by atomic mass is 9.56. The van der Waals surface area contributed by atoms with Gasteiger partial charge in [0.15, 0.2) is 17.9 Å². The monoisotopic (exact) mass is 316 g/mol. The molecule has 0 heterocycles. The first-order valence-corrected chi connectivity index (χ1v) is 8.16. The summed E-state index contributed by atoms with van der Waals surface area (Å²) in [5, 5.41) is 0. The van der Waals surface area contributed by atoms with Crippen molar-refractivity contribution in [1.82, 2.24) is 0 Å². The smallest absolute Gasteiger partial charge is 0.163 e. The van der Waals surface area contributed by atoms with Gasteiger partial charge in [0.25, 0.3) is 0 Å². The molecular formula is C19H24O4. The van der Waals surface area contributed by atoms with Crippen LogP contribution in [0, 0.1) is 29.6 Å². The molecule has 0 bridgehead atoms. The molecule has 0 aromatic carbocycles. The number of allylic oxidation sites excluding steroid dienone is 5. The molecule has 0 spiro atoms. The van der Waals surface area contributed by atoms with E-state index < -0.39 is 6.29 Å². The zero-order chi connectivity index (χ0) is 16.7. The summed E-state index contributed by atoms with van der Waals surface area (Å²) in [5.74, 6) is -0.326. The van der Waals surface area contributed by atoms with Crippen LogP contribution in [0.25, 0.3) is 0 Å². The van der Waals surface area contributed by atoms with Crippen LogP contribution in [0.15, 0.2) is 35.5 Å². The van der Waals surface area contributed by atoms with Gasteiger partial charge < -0.3 is 9.47 Å². The van der Waals surface area contributed by atoms with E-state index in [0.29, 0.717) is 5.57 Å². The van der Waals surface area contributed by atoms with Crippen molar-refractivity contribution in [2.24, 2.45) is 29.6 Å². The van der Waals surface area contributed by atoms with E-state index in [4.69, 9.17) is 9.47 Å². The summed E-state index contributed by atoms with van der Waals surface area (Å²) in [6.07, 6.45) is 8.13. The molecule has 124 valence electrons. The van der Waals surface area contributed by atoms with Gasteiger partial charge in [-0.25, -0.2) is 0 Å². The average Bonchev–Trinajstić information content (AvgIpc) is 2.52. The Balaban J connectivity index is 2.10. The molecule has 0 N–H and O–H groups in total. The van der Waals surface area contributed by atoms with Crippen molar-refractivity contribution < 1.29 is 19.1 Å². The van der Waals surface area contributed by atoms with Gasteiger partial charge >= 0.3 is 0 Å². The summed E-state index contributed by atoms with van der Waals surface area (Å²) in [5.41, 5.74) is 1.88. The van der Waals surface area contributed by atoms with Crippen LogP contribution in [0.5, 0.6) is 0 Å². The average molecular weight is 316 g/mol. The SMILES string of the molecule is COC(OC)[C@@H]1C=C(C)C(=O)C2[C@H]3C(=O)C=CCC3C=C(C)[C@H]21. The molecule has 23 heavy (non-hydrogen) atoms. The van der Waals surface area contributed by atoms with Crippen molar-refractivity contribution in [3.8, 4) is 0 Å². The number of carbonyl (C=O) groups is 2. The minimum Gasteiger partial charge on any atom is -0.355 e. The fourth-order valence-corrected chi connectivity index (χ4v) is 4.65. The number of hydrogen-bond acceptors (Lipinski definition) is 4. The van der Waals surface area contributed by atoms with Crippen molar-refractivity contribution >= 4 is 11.6 Å². The summed E-state index contributed by atoms with van der Waals surface area (Å²) >= 11 is 0. The molecule has 0 saturated carbocycles. The second-order valence-electron chi connectivity index (χ2n) is 6.82. The summed E-state index contributed by atoms with van der Waals surface area (Å²) in [7, 11) is 3.23. The molecule has 3 rings (SSSR count). The predicted octanol–water partition coefficient (Wildman–Crippen LogP) is 2.70. The third-order valence-electron chi connectivity index (χ3n) is 5.58. The van der Waals surface area contributed by atoms with Crippen molar-refractivity contribution in [1.29, 1.82) is 0 Å². The first kappa shape index (κ1) is 16.3. The van der Waals surface area contributed by atoms with Crippen LogP contribution >= 0.6 is 0 Å². The highest BCUT2D eigenvalue weighted by atomic mass is 16.7. The van der Waals surface area contributed by atoms with Gasteiger partial charge in [-0.2, -0.15) is 0 Å². The Labute approximate surface area is 137 Å². The van der Waals surface area contributed by atoms with E-state index in [9.17, 15) is 9.59 Å². The van der Waals surface area contributed by atoms with Crippen LogP contribution in [0.1, 0.15) is 20.3 Å². The maximum Gasteiger partial charge on any atom is 0.163 e. The van der Waals surface area contributed by atoms with E-state index in [2.05, 4.69) is 13.0 Å². The number of carbonyl (C=O) groups excluding carboxylic acids is 2. The quantitative estimate of drug-likeness (QED) is 0.593. The number of hydrogen-bond donors (Lipinski definition) is 0. The van der Waals surface area contributed by atoms with E-state index in [0.717, 1.165) is 6.42 Å². The van der Waals surface area contributed by atoms with Crippen LogP contribution in [-0.4, -0.2) is 32.1 Å². The Morgan fingerprint density at radius 3 is 2.39 bits per heavy atom. The fraction of sp³-hybridized carbons (Fsp3) is 0.579. The van der Waals surface area contributed by atoms with Crippen LogP contribution in [0.4, 0.5) is 0 Å². The first-order chi connectivity index (χ1) is 11.0. The van der Waals surface area contributed by atoms with Gasteiger partial charge in [-0.15, -0.1) is 0 Å². The Morgan fingerprint density at radius 2 is 1.74 bits per heavy atom. The van der Waals surface area contributed by atoms with Gasteiger partial charge in [-0.05, 0) is 37.8 Å². The lowest BCUT2D eigenvalue weighted by Gasteiger charge is -2.47. The van der Waals surface area contributed by atoms with Crippen LogP contribution in [-0.2, 0) is 19.1 Å². The van der Waals surface area contributed by atoms with Crippen molar-refractivity contribution in [3.05, 3.63) is 35.5 Å². The zero-order valence-corrected chi connectivity index (χ0v) is 14.1. The number of methoxy groups -OCH3 is 2. The molecule has 2 unspecified atom stereocenters. The maximum atomic E-state index is 12.9. The Bertz CT molecular complexity index is 609. The molecule has 0 aliphatic heterocycles. The molecule has 0 amide bonds. The van der Waals surface area contributed by atoms with E-state index in [1.807, 2.05) is 19.1 Å². The Hall–Kier alpha value is -1.52. The van der Waals surface area contributed by atoms with Gasteiger partial charge in [-0.3, -0.25) is 9.59 Å². The summed E-state index contributed by atoms with van der Waals surface area (Å²) in [6.45, 7) is 3.90. The first-order valence-electron chi connectivity index (χ1n) is 8.16. The van der Waals surface area contributed by atoms with E-state index in [1.54, 1.807) is 20.3 Å². The van der Waals surface area contributed by atoms with Gasteiger partial charge in [-0.1, -0.05) is 23.8 Å². The van der Waals surface area contributed by atoms with Crippen molar-refractivity contribution in [2.45, 2.75) is 26.6 Å². The number of ether oxygens (including phenoxy) is 2.